The van der Waals surface area contributed by atoms with E-state index in [-0.39, 0.29) is 5.82 Å². The first-order valence-electron chi connectivity index (χ1n) is 3.51. The fourth-order valence-electron chi connectivity index (χ4n) is 1.21. The van der Waals surface area contributed by atoms with Crippen LogP contribution in [0.5, 0.6) is 0 Å². The van der Waals surface area contributed by atoms with E-state index in [1.54, 1.807) is 7.11 Å². The van der Waals surface area contributed by atoms with E-state index in [0.717, 1.165) is 16.7 Å². The smallest absolute Gasteiger partial charge is 0.104 e. The maximum absolute atomic E-state index is 5.82. The second-order valence-corrected chi connectivity index (χ2v) is 3.57. The van der Waals surface area contributed by atoms with Crippen molar-refractivity contribution in [3.63, 3.8) is 0 Å². The van der Waals surface area contributed by atoms with E-state index in [1.807, 2.05) is 6.08 Å². The van der Waals surface area contributed by atoms with Gasteiger partial charge in [-0.3, -0.25) is 0 Å². The van der Waals surface area contributed by atoms with Gasteiger partial charge in [0.1, 0.15) is 5.76 Å². The van der Waals surface area contributed by atoms with Crippen molar-refractivity contribution < 1.29 is 4.74 Å². The molecule has 3 heteroatoms. The lowest BCUT2D eigenvalue weighted by atomic mass is 9.78. The molecule has 1 unspecified atom stereocenters. The molecule has 0 aromatic carbocycles. The lowest BCUT2D eigenvalue weighted by Gasteiger charge is -2.21. The standard InChI is InChI=1S/C8H10BBrO/c1-5-3-6(9)8(11-2)7(10)4-5/h4,6H,3H2,1-2H3. The van der Waals surface area contributed by atoms with Crippen molar-refractivity contribution >= 4 is 23.8 Å². The van der Waals surface area contributed by atoms with Crippen molar-refractivity contribution in [1.29, 1.82) is 0 Å². The maximum atomic E-state index is 5.82. The van der Waals surface area contributed by atoms with Gasteiger partial charge in [0.15, 0.2) is 0 Å². The van der Waals surface area contributed by atoms with Gasteiger partial charge < -0.3 is 4.74 Å². The van der Waals surface area contributed by atoms with Gasteiger partial charge in [-0.2, -0.15) is 0 Å². The summed E-state index contributed by atoms with van der Waals surface area (Å²) < 4.78 is 6.10. The molecule has 0 saturated heterocycles. The molecular formula is C8H10BBrO. The molecule has 0 fully saturated rings. The molecule has 1 nitrogen and oxygen atoms in total. The van der Waals surface area contributed by atoms with E-state index in [9.17, 15) is 0 Å². The van der Waals surface area contributed by atoms with Crippen LogP contribution in [-0.2, 0) is 4.74 Å². The van der Waals surface area contributed by atoms with E-state index in [2.05, 4.69) is 22.9 Å². The van der Waals surface area contributed by atoms with Gasteiger partial charge >= 0.3 is 0 Å². The normalized spacial score (nSPS) is 25.0. The van der Waals surface area contributed by atoms with Gasteiger partial charge in [0.25, 0.3) is 0 Å². The van der Waals surface area contributed by atoms with E-state index in [4.69, 9.17) is 12.6 Å². The summed E-state index contributed by atoms with van der Waals surface area (Å²) in [6.45, 7) is 2.06. The van der Waals surface area contributed by atoms with E-state index >= 15 is 0 Å². The molecule has 0 aliphatic heterocycles. The van der Waals surface area contributed by atoms with Crippen molar-refractivity contribution in [1.82, 2.24) is 0 Å². The quantitative estimate of drug-likeness (QED) is 0.608. The Hall–Kier alpha value is -0.175. The van der Waals surface area contributed by atoms with Crippen LogP contribution in [0.4, 0.5) is 0 Å². The molecule has 0 aromatic heterocycles. The van der Waals surface area contributed by atoms with Crippen LogP contribution in [0.25, 0.3) is 0 Å². The van der Waals surface area contributed by atoms with Crippen LogP contribution in [-0.4, -0.2) is 15.0 Å². The summed E-state index contributed by atoms with van der Waals surface area (Å²) in [4.78, 5) is 0. The highest BCUT2D eigenvalue weighted by atomic mass is 79.9. The molecule has 0 heterocycles. The Morgan fingerprint density at radius 3 is 2.82 bits per heavy atom. The van der Waals surface area contributed by atoms with Crippen molar-refractivity contribution in [2.24, 2.45) is 0 Å². The summed E-state index contributed by atoms with van der Waals surface area (Å²) in [7, 11) is 7.46. The number of methoxy groups -OCH3 is 1. The summed E-state index contributed by atoms with van der Waals surface area (Å²) in [6.07, 6.45) is 2.93. The molecule has 1 aliphatic rings. The molecule has 1 rings (SSSR count). The van der Waals surface area contributed by atoms with Crippen LogP contribution in [0.1, 0.15) is 13.3 Å². The minimum absolute atomic E-state index is 0.0133. The minimum atomic E-state index is 0.0133. The second-order valence-electron chi connectivity index (χ2n) is 2.72. The topological polar surface area (TPSA) is 9.23 Å². The third-order valence-corrected chi connectivity index (χ3v) is 2.33. The maximum Gasteiger partial charge on any atom is 0.104 e. The zero-order chi connectivity index (χ0) is 8.43. The van der Waals surface area contributed by atoms with Crippen molar-refractivity contribution in [3.05, 3.63) is 21.9 Å². The van der Waals surface area contributed by atoms with Gasteiger partial charge in [-0.1, -0.05) is 5.57 Å². The molecule has 0 aromatic rings. The molecule has 0 spiro atoms. The van der Waals surface area contributed by atoms with Crippen LogP contribution in [0.2, 0.25) is 5.82 Å². The van der Waals surface area contributed by atoms with Gasteiger partial charge in [0, 0.05) is 0 Å². The number of rotatable bonds is 1. The molecule has 1 atom stereocenters. The first-order valence-corrected chi connectivity index (χ1v) is 4.31. The van der Waals surface area contributed by atoms with Gasteiger partial charge in [0.05, 0.1) is 19.4 Å². The Bertz CT molecular complexity index is 220. The van der Waals surface area contributed by atoms with Crippen molar-refractivity contribution in [2.45, 2.75) is 19.2 Å². The Labute approximate surface area is 77.0 Å². The average molecular weight is 213 g/mol. The monoisotopic (exact) mass is 212 g/mol. The number of allylic oxidation sites excluding steroid dienone is 4. The van der Waals surface area contributed by atoms with Crippen LogP contribution in [0.3, 0.4) is 0 Å². The van der Waals surface area contributed by atoms with E-state index in [0.29, 0.717) is 0 Å². The summed E-state index contributed by atoms with van der Waals surface area (Å²) >= 11 is 3.39. The van der Waals surface area contributed by atoms with Crippen LogP contribution in [0, 0.1) is 0 Å². The first-order chi connectivity index (χ1) is 5.15. The Morgan fingerprint density at radius 2 is 2.36 bits per heavy atom. The molecular weight excluding hydrogens is 203 g/mol. The second kappa shape index (κ2) is 3.48. The lowest BCUT2D eigenvalue weighted by Crippen LogP contribution is -2.05. The third kappa shape index (κ3) is 1.89. The number of hydrogen-bond donors (Lipinski definition) is 0. The SMILES string of the molecule is [B]C1CC(C)=CC(Br)=C1OC. The zero-order valence-electron chi connectivity index (χ0n) is 6.73. The Kier molecular flexibility index (Phi) is 2.82. The van der Waals surface area contributed by atoms with Gasteiger partial charge in [-0.15, -0.1) is 0 Å². The Morgan fingerprint density at radius 1 is 1.73 bits per heavy atom. The Balaban J connectivity index is 2.92. The highest BCUT2D eigenvalue weighted by Crippen LogP contribution is 2.34. The molecule has 0 saturated carbocycles. The molecule has 58 valence electrons. The highest BCUT2D eigenvalue weighted by molar-refractivity contribution is 9.11. The van der Waals surface area contributed by atoms with Crippen LogP contribution in [0.15, 0.2) is 21.9 Å². The van der Waals surface area contributed by atoms with E-state index in [1.165, 1.54) is 5.57 Å². The number of hydrogen-bond acceptors (Lipinski definition) is 1. The van der Waals surface area contributed by atoms with E-state index < -0.39 is 0 Å². The molecule has 0 bridgehead atoms. The predicted molar refractivity (Wildman–Crippen MR) is 50.8 cm³/mol. The third-order valence-electron chi connectivity index (χ3n) is 1.71. The lowest BCUT2D eigenvalue weighted by molar-refractivity contribution is 0.275. The molecule has 0 amide bonds. The van der Waals surface area contributed by atoms with Crippen molar-refractivity contribution in [2.75, 3.05) is 7.11 Å². The first kappa shape index (κ1) is 8.92. The number of ether oxygens (including phenoxy) is 1. The van der Waals surface area contributed by atoms with Crippen LogP contribution < -0.4 is 0 Å². The minimum Gasteiger partial charge on any atom is -0.500 e. The molecule has 11 heavy (non-hydrogen) atoms. The van der Waals surface area contributed by atoms with Crippen molar-refractivity contribution in [3.8, 4) is 0 Å². The largest absolute Gasteiger partial charge is 0.500 e. The van der Waals surface area contributed by atoms with Gasteiger partial charge in [-0.05, 0) is 41.2 Å². The molecule has 2 radical (unpaired) electrons. The summed E-state index contributed by atoms with van der Waals surface area (Å²) in [5.74, 6) is 0.856. The average Bonchev–Trinajstić information content (AvgIpc) is 1.85. The summed E-state index contributed by atoms with van der Waals surface area (Å²) in [6, 6.07) is 0. The fourth-order valence-corrected chi connectivity index (χ4v) is 2.06. The van der Waals surface area contributed by atoms with Gasteiger partial charge in [-0.25, -0.2) is 0 Å². The predicted octanol–water partition coefficient (Wildman–Crippen LogP) is 2.55. The van der Waals surface area contributed by atoms with Gasteiger partial charge in [0.2, 0.25) is 0 Å². The molecule has 0 N–H and O–H groups in total. The number of halogens is 1. The zero-order valence-corrected chi connectivity index (χ0v) is 8.31. The fraction of sp³-hybridized carbons (Fsp3) is 0.500. The summed E-state index contributed by atoms with van der Waals surface area (Å²) in [5.41, 5.74) is 1.28. The highest BCUT2D eigenvalue weighted by Gasteiger charge is 2.17. The summed E-state index contributed by atoms with van der Waals surface area (Å²) in [5, 5.41) is 0. The molecule has 1 aliphatic carbocycles. The van der Waals surface area contributed by atoms with Crippen LogP contribution >= 0.6 is 15.9 Å².